The van der Waals surface area contributed by atoms with Gasteiger partial charge in [-0.05, 0) is 44.6 Å². The molecule has 0 amide bonds. The Bertz CT molecular complexity index is 306. The van der Waals surface area contributed by atoms with E-state index >= 15 is 0 Å². The number of hydrogen-bond acceptors (Lipinski definition) is 2. The van der Waals surface area contributed by atoms with Crippen molar-refractivity contribution in [2.75, 3.05) is 5.73 Å². The minimum atomic E-state index is -2.60. The smallest absolute Gasteiger partial charge is 0.281 e. The highest BCUT2D eigenvalue weighted by Gasteiger charge is 2.15. The van der Waals surface area contributed by atoms with Crippen LogP contribution in [-0.2, 0) is 0 Å². The van der Waals surface area contributed by atoms with Crippen LogP contribution in [0.2, 0.25) is 0 Å². The zero-order chi connectivity index (χ0) is 9.30. The third-order valence-corrected chi connectivity index (χ3v) is 2.69. The molecule has 0 radical (unpaired) electrons. The van der Waals surface area contributed by atoms with Crippen LogP contribution in [-0.4, -0.2) is 4.98 Å². The van der Waals surface area contributed by atoms with Crippen LogP contribution in [0.4, 0.5) is 14.6 Å². The van der Waals surface area contributed by atoms with E-state index in [9.17, 15) is 8.78 Å². The van der Waals surface area contributed by atoms with Crippen LogP contribution in [0.1, 0.15) is 12.1 Å². The lowest BCUT2D eigenvalue weighted by Crippen LogP contribution is -2.00. The number of nitrogens with zero attached hydrogens (tertiary/aromatic N) is 1. The second-order valence-corrected chi connectivity index (χ2v) is 4.04. The second-order valence-electron chi connectivity index (χ2n) is 2.02. The first kappa shape index (κ1) is 10.1. The number of aromatic nitrogens is 1. The van der Waals surface area contributed by atoms with Gasteiger partial charge in [0, 0.05) is 4.47 Å². The average Bonchev–Trinajstić information content (AvgIpc) is 1.96. The maximum atomic E-state index is 12.2. The summed E-state index contributed by atoms with van der Waals surface area (Å²) in [4.78, 5) is 3.55. The zero-order valence-electron chi connectivity index (χ0n) is 5.69. The topological polar surface area (TPSA) is 38.9 Å². The van der Waals surface area contributed by atoms with Crippen LogP contribution < -0.4 is 5.73 Å². The van der Waals surface area contributed by atoms with E-state index in [0.29, 0.717) is 3.57 Å². The lowest BCUT2D eigenvalue weighted by Gasteiger charge is -2.04. The molecule has 0 aliphatic heterocycles. The third kappa shape index (κ3) is 2.03. The van der Waals surface area contributed by atoms with Gasteiger partial charge in [0.15, 0.2) is 0 Å². The molecule has 0 aliphatic carbocycles. The summed E-state index contributed by atoms with van der Waals surface area (Å²) in [6.45, 7) is 0. The van der Waals surface area contributed by atoms with Crippen molar-refractivity contribution in [3.8, 4) is 0 Å². The number of rotatable bonds is 1. The molecule has 0 saturated heterocycles. The van der Waals surface area contributed by atoms with Crippen molar-refractivity contribution in [3.63, 3.8) is 0 Å². The largest absolute Gasteiger partial charge is 0.383 e. The lowest BCUT2D eigenvalue weighted by atomic mass is 10.3. The van der Waals surface area contributed by atoms with Crippen molar-refractivity contribution >= 4 is 44.3 Å². The van der Waals surface area contributed by atoms with Gasteiger partial charge in [0.2, 0.25) is 0 Å². The fraction of sp³-hybridized carbons (Fsp3) is 0.167. The first-order valence-electron chi connectivity index (χ1n) is 2.92. The van der Waals surface area contributed by atoms with Gasteiger partial charge in [-0.2, -0.15) is 0 Å². The van der Waals surface area contributed by atoms with Gasteiger partial charge < -0.3 is 5.73 Å². The lowest BCUT2D eigenvalue weighted by molar-refractivity contribution is 0.145. The molecule has 0 atom stereocenters. The van der Waals surface area contributed by atoms with Crippen molar-refractivity contribution in [2.45, 2.75) is 6.43 Å². The zero-order valence-corrected chi connectivity index (χ0v) is 9.43. The number of nitrogens with two attached hydrogens (primary N) is 1. The molecule has 66 valence electrons. The molecule has 0 aromatic carbocycles. The van der Waals surface area contributed by atoms with Gasteiger partial charge in [-0.25, -0.2) is 13.8 Å². The monoisotopic (exact) mass is 348 g/mol. The molecule has 0 aliphatic rings. The second kappa shape index (κ2) is 3.82. The Hall–Kier alpha value is 0.0200. The Labute approximate surface area is 89.8 Å². The summed E-state index contributed by atoms with van der Waals surface area (Å²) in [5.74, 6) is 0.133. The van der Waals surface area contributed by atoms with Gasteiger partial charge in [0.25, 0.3) is 6.43 Å². The standard InChI is InChI=1S/C6H4BrF2IN2/c7-2-1-3(10)6(11)12-4(2)5(8)9/h1,5H,(H2,11,12). The normalized spacial score (nSPS) is 10.8. The van der Waals surface area contributed by atoms with Gasteiger partial charge in [-0.15, -0.1) is 0 Å². The fourth-order valence-electron chi connectivity index (χ4n) is 0.649. The van der Waals surface area contributed by atoms with Crippen LogP contribution in [0.25, 0.3) is 0 Å². The number of halogens is 4. The van der Waals surface area contributed by atoms with Crippen LogP contribution in [0.15, 0.2) is 10.5 Å². The molecule has 1 aromatic heterocycles. The predicted octanol–water partition coefficient (Wildman–Crippen LogP) is 2.97. The molecule has 1 heterocycles. The molecule has 0 saturated carbocycles. The first-order valence-corrected chi connectivity index (χ1v) is 4.79. The highest BCUT2D eigenvalue weighted by Crippen LogP contribution is 2.28. The van der Waals surface area contributed by atoms with Crippen LogP contribution >= 0.6 is 38.5 Å². The number of anilines is 1. The summed E-state index contributed by atoms with van der Waals surface area (Å²) in [7, 11) is 0. The highest BCUT2D eigenvalue weighted by atomic mass is 127. The van der Waals surface area contributed by atoms with Crippen LogP contribution in [0.5, 0.6) is 0 Å². The molecule has 0 fully saturated rings. The Morgan fingerprint density at radius 2 is 2.17 bits per heavy atom. The van der Waals surface area contributed by atoms with E-state index in [2.05, 4.69) is 20.9 Å². The summed E-state index contributed by atoms with van der Waals surface area (Å²) in [6, 6.07) is 1.52. The molecule has 2 nitrogen and oxygen atoms in total. The van der Waals surface area contributed by atoms with E-state index in [1.165, 1.54) is 6.07 Å². The Kier molecular flexibility index (Phi) is 3.22. The van der Waals surface area contributed by atoms with E-state index in [-0.39, 0.29) is 16.0 Å². The van der Waals surface area contributed by atoms with Crippen molar-refractivity contribution in [1.29, 1.82) is 0 Å². The number of pyridine rings is 1. The summed E-state index contributed by atoms with van der Waals surface area (Å²) in [5.41, 5.74) is 5.04. The van der Waals surface area contributed by atoms with E-state index in [1.807, 2.05) is 22.6 Å². The van der Waals surface area contributed by atoms with Crippen LogP contribution in [0, 0.1) is 3.57 Å². The SMILES string of the molecule is Nc1nc(C(F)F)c(Br)cc1I. The molecular formula is C6H4BrF2IN2. The number of alkyl halides is 2. The summed E-state index contributed by atoms with van der Waals surface area (Å²) in [6.07, 6.45) is -2.60. The van der Waals surface area contributed by atoms with Gasteiger partial charge in [-0.3, -0.25) is 0 Å². The molecule has 0 spiro atoms. The predicted molar refractivity (Wildman–Crippen MR) is 54.0 cm³/mol. The minimum Gasteiger partial charge on any atom is -0.383 e. The number of hydrogen-bond donors (Lipinski definition) is 1. The van der Waals surface area contributed by atoms with Crippen molar-refractivity contribution in [2.24, 2.45) is 0 Å². The number of nitrogen functional groups attached to an aromatic ring is 1. The minimum absolute atomic E-state index is 0.133. The Morgan fingerprint density at radius 1 is 1.58 bits per heavy atom. The van der Waals surface area contributed by atoms with Gasteiger partial charge in [0.1, 0.15) is 11.5 Å². The Balaban J connectivity index is 3.23. The first-order chi connectivity index (χ1) is 5.52. The molecule has 0 bridgehead atoms. The average molecular weight is 349 g/mol. The van der Waals surface area contributed by atoms with Crippen LogP contribution in [0.3, 0.4) is 0 Å². The summed E-state index contributed by atoms with van der Waals surface area (Å²) >= 11 is 4.91. The molecule has 0 unspecified atom stereocenters. The Morgan fingerprint density at radius 3 is 2.67 bits per heavy atom. The molecule has 1 aromatic rings. The molecule has 1 rings (SSSR count). The van der Waals surface area contributed by atoms with Crippen molar-refractivity contribution in [1.82, 2.24) is 4.98 Å². The summed E-state index contributed by atoms with van der Waals surface area (Å²) < 4.78 is 25.3. The maximum Gasteiger partial charge on any atom is 0.281 e. The van der Waals surface area contributed by atoms with Crippen molar-refractivity contribution in [3.05, 3.63) is 19.8 Å². The quantitative estimate of drug-likeness (QED) is 0.792. The van der Waals surface area contributed by atoms with E-state index in [0.717, 1.165) is 0 Å². The highest BCUT2D eigenvalue weighted by molar-refractivity contribution is 14.1. The van der Waals surface area contributed by atoms with Gasteiger partial charge >= 0.3 is 0 Å². The van der Waals surface area contributed by atoms with E-state index < -0.39 is 6.43 Å². The fourth-order valence-corrected chi connectivity index (χ4v) is 2.00. The van der Waals surface area contributed by atoms with Gasteiger partial charge in [0.05, 0.1) is 3.57 Å². The third-order valence-electron chi connectivity index (χ3n) is 1.19. The van der Waals surface area contributed by atoms with Gasteiger partial charge in [-0.1, -0.05) is 0 Å². The molecule has 2 N–H and O–H groups in total. The molecule has 6 heteroatoms. The molecule has 12 heavy (non-hydrogen) atoms. The van der Waals surface area contributed by atoms with E-state index in [1.54, 1.807) is 0 Å². The summed E-state index contributed by atoms with van der Waals surface area (Å²) in [5, 5.41) is 0. The van der Waals surface area contributed by atoms with Crippen molar-refractivity contribution < 1.29 is 8.78 Å². The maximum absolute atomic E-state index is 12.2. The molecular weight excluding hydrogens is 345 g/mol. The van der Waals surface area contributed by atoms with E-state index in [4.69, 9.17) is 5.73 Å².